The third-order valence-corrected chi connectivity index (χ3v) is 8.67. The van der Waals surface area contributed by atoms with Gasteiger partial charge in [0.2, 0.25) is 0 Å². The van der Waals surface area contributed by atoms with Crippen molar-refractivity contribution in [3.05, 3.63) is 102 Å². The van der Waals surface area contributed by atoms with Gasteiger partial charge in [-0.2, -0.15) is 4.57 Å². The molecule has 0 saturated carbocycles. The molecule has 0 aliphatic carbocycles. The number of aliphatic carboxylic acids is 1. The van der Waals surface area contributed by atoms with E-state index in [0.29, 0.717) is 23.7 Å². The zero-order valence-corrected chi connectivity index (χ0v) is 29.3. The van der Waals surface area contributed by atoms with E-state index >= 15 is 0 Å². The second-order valence-corrected chi connectivity index (χ2v) is 13.3. The van der Waals surface area contributed by atoms with E-state index in [1.165, 1.54) is 70.6 Å². The zero-order valence-electron chi connectivity index (χ0n) is 28.4. The van der Waals surface area contributed by atoms with Gasteiger partial charge in [-0.05, 0) is 89.3 Å². The molecule has 0 saturated heterocycles. The van der Waals surface area contributed by atoms with Gasteiger partial charge in [-0.3, -0.25) is 4.79 Å². The molecule has 0 aromatic heterocycles. The molecule has 3 rings (SSSR count). The van der Waals surface area contributed by atoms with Crippen molar-refractivity contribution in [3.8, 4) is 17.2 Å². The Kier molecular flexibility index (Phi) is 19.3. The van der Waals surface area contributed by atoms with E-state index < -0.39 is 13.8 Å². The van der Waals surface area contributed by atoms with Crippen LogP contribution >= 0.6 is 7.82 Å². The van der Waals surface area contributed by atoms with Gasteiger partial charge in [-0.15, -0.1) is 0 Å². The minimum absolute atomic E-state index is 0.332. The van der Waals surface area contributed by atoms with Gasteiger partial charge in [0.05, 0.1) is 0 Å². The third-order valence-electron chi connectivity index (χ3n) is 7.37. The van der Waals surface area contributed by atoms with Crippen molar-refractivity contribution < 1.29 is 28.0 Å². The molecule has 0 atom stereocenters. The van der Waals surface area contributed by atoms with Crippen LogP contribution in [0, 0.1) is 20.8 Å². The third kappa shape index (κ3) is 18.5. The number of aryl methyl sites for hydroxylation is 3. The second-order valence-electron chi connectivity index (χ2n) is 11.9. The van der Waals surface area contributed by atoms with E-state index in [2.05, 4.69) is 19.1 Å². The standard InChI is InChI=1S/C21H21O4P.C18H34O2/c1-16-4-10-19(11-5-16)23-26(22,24-20-12-6-17(2)7-13-20)25-21-14-8-18(3)9-15-21;1-2-3-4-5-6-7-8-9-10-11-12-13-14-15-16-17-18(19)20/h4-15H,1-3H3;9-10H,2-8,11-17H2,1H3,(H,19,20)/b;10-9-. The van der Waals surface area contributed by atoms with Crippen LogP contribution < -0.4 is 13.6 Å². The first-order valence-corrected chi connectivity index (χ1v) is 18.4. The highest BCUT2D eigenvalue weighted by molar-refractivity contribution is 7.49. The Morgan fingerprint density at radius 2 is 0.891 bits per heavy atom. The van der Waals surface area contributed by atoms with Crippen molar-refractivity contribution in [3.63, 3.8) is 0 Å². The van der Waals surface area contributed by atoms with E-state index in [-0.39, 0.29) is 0 Å². The Hall–Kier alpha value is -3.50. The SMILES string of the molecule is CCCCCCCC/C=C\CCCCCCCC(=O)O.Cc1ccc(OP(=O)(Oc2ccc(C)cc2)Oc2ccc(C)cc2)cc1. The molecule has 3 aromatic rings. The molecule has 0 unspecified atom stereocenters. The van der Waals surface area contributed by atoms with Crippen molar-refractivity contribution in [2.75, 3.05) is 0 Å². The number of carboxylic acids is 1. The van der Waals surface area contributed by atoms with Crippen LogP contribution in [-0.4, -0.2) is 11.1 Å². The number of rotatable bonds is 21. The number of hydrogen-bond acceptors (Lipinski definition) is 5. The molecule has 252 valence electrons. The zero-order chi connectivity index (χ0) is 33.5. The van der Waals surface area contributed by atoms with Gasteiger partial charge in [0, 0.05) is 6.42 Å². The van der Waals surface area contributed by atoms with Gasteiger partial charge in [-0.1, -0.05) is 124 Å². The van der Waals surface area contributed by atoms with Crippen LogP contribution in [0.2, 0.25) is 0 Å². The highest BCUT2D eigenvalue weighted by Gasteiger charge is 2.33. The van der Waals surface area contributed by atoms with Gasteiger partial charge >= 0.3 is 13.8 Å². The van der Waals surface area contributed by atoms with Crippen molar-refractivity contribution >= 4 is 13.8 Å². The summed E-state index contributed by atoms with van der Waals surface area (Å²) in [6, 6.07) is 21.6. The van der Waals surface area contributed by atoms with Crippen LogP contribution in [0.25, 0.3) is 0 Å². The molecular formula is C39H55O6P. The molecule has 0 amide bonds. The minimum Gasteiger partial charge on any atom is -0.481 e. The lowest BCUT2D eigenvalue weighted by molar-refractivity contribution is -0.137. The Morgan fingerprint density at radius 1 is 0.565 bits per heavy atom. The molecule has 0 radical (unpaired) electrons. The van der Waals surface area contributed by atoms with Crippen molar-refractivity contribution in [2.24, 2.45) is 0 Å². The summed E-state index contributed by atoms with van der Waals surface area (Å²) < 4.78 is 30.2. The fourth-order valence-corrected chi connectivity index (χ4v) is 5.84. The minimum atomic E-state index is -3.93. The molecule has 0 bridgehead atoms. The molecular weight excluding hydrogens is 595 g/mol. The summed E-state index contributed by atoms with van der Waals surface area (Å²) in [6.07, 6.45) is 21.2. The Morgan fingerprint density at radius 3 is 1.24 bits per heavy atom. The number of carbonyl (C=O) groups is 1. The largest absolute Gasteiger partial charge is 0.647 e. The molecule has 1 N–H and O–H groups in total. The van der Waals surface area contributed by atoms with Crippen LogP contribution in [-0.2, 0) is 9.36 Å². The molecule has 0 fully saturated rings. The number of allylic oxidation sites excluding steroid dienone is 2. The van der Waals surface area contributed by atoms with Gasteiger partial charge in [0.25, 0.3) is 0 Å². The average Bonchev–Trinajstić information content (AvgIpc) is 3.03. The summed E-state index contributed by atoms with van der Waals surface area (Å²) in [6.45, 7) is 8.16. The molecule has 46 heavy (non-hydrogen) atoms. The first-order valence-electron chi connectivity index (χ1n) is 16.9. The molecule has 0 aliphatic rings. The lowest BCUT2D eigenvalue weighted by Gasteiger charge is -2.19. The highest BCUT2D eigenvalue weighted by atomic mass is 31.2. The molecule has 0 spiro atoms. The molecule has 3 aromatic carbocycles. The molecule has 0 aliphatic heterocycles. The van der Waals surface area contributed by atoms with Crippen molar-refractivity contribution in [2.45, 2.75) is 118 Å². The smallest absolute Gasteiger partial charge is 0.481 e. The van der Waals surface area contributed by atoms with Gasteiger partial charge in [0.1, 0.15) is 17.2 Å². The summed E-state index contributed by atoms with van der Waals surface area (Å²) in [5.41, 5.74) is 3.23. The fourth-order valence-electron chi connectivity index (χ4n) is 4.59. The maximum Gasteiger partial charge on any atom is 0.647 e. The monoisotopic (exact) mass is 650 g/mol. The summed E-state index contributed by atoms with van der Waals surface area (Å²) >= 11 is 0. The summed E-state index contributed by atoms with van der Waals surface area (Å²) in [5, 5.41) is 8.51. The van der Waals surface area contributed by atoms with E-state index in [9.17, 15) is 9.36 Å². The van der Waals surface area contributed by atoms with E-state index in [0.717, 1.165) is 29.5 Å². The first-order chi connectivity index (χ1) is 22.2. The van der Waals surface area contributed by atoms with E-state index in [4.69, 9.17) is 18.7 Å². The topological polar surface area (TPSA) is 82.1 Å². The predicted molar refractivity (Wildman–Crippen MR) is 190 cm³/mol. The highest BCUT2D eigenvalue weighted by Crippen LogP contribution is 2.49. The van der Waals surface area contributed by atoms with Gasteiger partial charge in [-0.25, -0.2) is 0 Å². The lowest BCUT2D eigenvalue weighted by Crippen LogP contribution is -2.07. The summed E-state index contributed by atoms with van der Waals surface area (Å²) in [7, 11) is -3.93. The number of phosphoric acid groups is 1. The molecule has 7 heteroatoms. The van der Waals surface area contributed by atoms with Crippen molar-refractivity contribution in [1.29, 1.82) is 0 Å². The first kappa shape index (κ1) is 38.7. The van der Waals surface area contributed by atoms with E-state index in [1.54, 1.807) is 36.4 Å². The number of unbranched alkanes of at least 4 members (excludes halogenated alkanes) is 11. The van der Waals surface area contributed by atoms with Crippen LogP contribution in [0.4, 0.5) is 0 Å². The maximum atomic E-state index is 13.3. The lowest BCUT2D eigenvalue weighted by atomic mass is 10.1. The molecule has 6 nitrogen and oxygen atoms in total. The summed E-state index contributed by atoms with van der Waals surface area (Å²) in [4.78, 5) is 10.3. The van der Waals surface area contributed by atoms with Crippen LogP contribution in [0.3, 0.4) is 0 Å². The number of benzene rings is 3. The van der Waals surface area contributed by atoms with Crippen LogP contribution in [0.5, 0.6) is 17.2 Å². The predicted octanol–water partition coefficient (Wildman–Crippen LogP) is 12.4. The number of phosphoric ester groups is 1. The molecule has 0 heterocycles. The normalized spacial score (nSPS) is 11.1. The van der Waals surface area contributed by atoms with Crippen LogP contribution in [0.15, 0.2) is 84.9 Å². The number of carboxylic acid groups (broad SMARTS) is 1. The Bertz CT molecular complexity index is 1180. The average molecular weight is 651 g/mol. The second kappa shape index (κ2) is 22.9. The van der Waals surface area contributed by atoms with E-state index in [1.807, 2.05) is 57.2 Å². The van der Waals surface area contributed by atoms with Crippen molar-refractivity contribution in [1.82, 2.24) is 0 Å². The Labute approximate surface area is 277 Å². The van der Waals surface area contributed by atoms with Crippen LogP contribution in [0.1, 0.15) is 114 Å². The number of hydrogen-bond donors (Lipinski definition) is 1. The van der Waals surface area contributed by atoms with Gasteiger partial charge in [0.15, 0.2) is 0 Å². The maximum absolute atomic E-state index is 13.3. The summed E-state index contributed by atoms with van der Waals surface area (Å²) in [5.74, 6) is 0.581. The fraction of sp³-hybridized carbons (Fsp3) is 0.462. The van der Waals surface area contributed by atoms with Gasteiger partial charge < -0.3 is 18.7 Å². The Balaban J connectivity index is 0.000000334. The quantitative estimate of drug-likeness (QED) is 0.0702.